The van der Waals surface area contributed by atoms with Crippen molar-refractivity contribution >= 4 is 11.5 Å². The second kappa shape index (κ2) is 5.52. The fourth-order valence-electron chi connectivity index (χ4n) is 2.85. The summed E-state index contributed by atoms with van der Waals surface area (Å²) in [6, 6.07) is 9.98. The van der Waals surface area contributed by atoms with Gasteiger partial charge in [0.25, 0.3) is 0 Å². The van der Waals surface area contributed by atoms with Gasteiger partial charge in [-0.25, -0.2) is 4.79 Å². The van der Waals surface area contributed by atoms with E-state index < -0.39 is 0 Å². The molecular formula is C16H17N3O2. The number of benzene rings is 1. The number of ether oxygens (including phenoxy) is 1. The van der Waals surface area contributed by atoms with E-state index >= 15 is 0 Å². The van der Waals surface area contributed by atoms with Gasteiger partial charge in [0.15, 0.2) is 0 Å². The lowest BCUT2D eigenvalue weighted by Gasteiger charge is -2.25. The first-order valence-corrected chi connectivity index (χ1v) is 7.05. The summed E-state index contributed by atoms with van der Waals surface area (Å²) in [7, 11) is 0. The highest BCUT2D eigenvalue weighted by atomic mass is 16.5. The van der Waals surface area contributed by atoms with Crippen molar-refractivity contribution < 1.29 is 9.53 Å². The summed E-state index contributed by atoms with van der Waals surface area (Å²) < 4.78 is 5.24. The minimum absolute atomic E-state index is 0.0390. The number of nitrogens with zero attached hydrogens (tertiary/aromatic N) is 2. The zero-order chi connectivity index (χ0) is 14.8. The number of esters is 1. The summed E-state index contributed by atoms with van der Waals surface area (Å²) in [6.45, 7) is 4.08. The molecule has 0 saturated heterocycles. The lowest BCUT2D eigenvalue weighted by atomic mass is 9.79. The van der Waals surface area contributed by atoms with Gasteiger partial charge in [-0.05, 0) is 25.0 Å². The van der Waals surface area contributed by atoms with Gasteiger partial charge in [-0.15, -0.1) is 0 Å². The van der Waals surface area contributed by atoms with E-state index in [0.29, 0.717) is 18.6 Å². The van der Waals surface area contributed by atoms with Gasteiger partial charge >= 0.3 is 5.97 Å². The van der Waals surface area contributed by atoms with Gasteiger partial charge in [-0.2, -0.15) is 15.4 Å². The molecule has 21 heavy (non-hydrogen) atoms. The largest absolute Gasteiger partial charge is 0.463 e. The molecule has 0 spiro atoms. The molecule has 1 unspecified atom stereocenters. The van der Waals surface area contributed by atoms with Crippen LogP contribution in [0.15, 0.2) is 35.9 Å². The molecule has 0 aliphatic heterocycles. The van der Waals surface area contributed by atoms with Gasteiger partial charge in [-0.1, -0.05) is 30.3 Å². The third-order valence-corrected chi connectivity index (χ3v) is 3.82. The molecule has 2 aromatic rings. The van der Waals surface area contributed by atoms with Crippen molar-refractivity contribution in [3.63, 3.8) is 0 Å². The van der Waals surface area contributed by atoms with E-state index in [0.717, 1.165) is 22.5 Å². The topological polar surface area (TPSA) is 67.9 Å². The molecule has 1 aromatic heterocycles. The van der Waals surface area contributed by atoms with Crippen molar-refractivity contribution in [1.82, 2.24) is 15.4 Å². The summed E-state index contributed by atoms with van der Waals surface area (Å²) in [5.41, 5.74) is 4.29. The van der Waals surface area contributed by atoms with E-state index in [1.807, 2.05) is 44.2 Å². The number of rotatable bonds is 3. The van der Waals surface area contributed by atoms with Crippen LogP contribution in [-0.4, -0.2) is 28.0 Å². The summed E-state index contributed by atoms with van der Waals surface area (Å²) >= 11 is 0. The molecule has 0 saturated carbocycles. The molecule has 1 aromatic carbocycles. The van der Waals surface area contributed by atoms with Crippen LogP contribution in [0.2, 0.25) is 0 Å². The van der Waals surface area contributed by atoms with E-state index in [2.05, 4.69) is 15.4 Å². The van der Waals surface area contributed by atoms with Crippen molar-refractivity contribution in [3.8, 4) is 0 Å². The number of hydrogen-bond acceptors (Lipinski definition) is 4. The molecule has 0 amide bonds. The van der Waals surface area contributed by atoms with Gasteiger partial charge in [0.2, 0.25) is 0 Å². The molecular weight excluding hydrogens is 266 g/mol. The maximum Gasteiger partial charge on any atom is 0.334 e. The standard InChI is InChI=1S/C16H17N3O2/c1-3-21-16(20)14-10(2)15-13(17-19-18-15)9-12(14)11-7-5-4-6-8-11/h4-8,12H,3,9H2,1-2H3,(H,17,18,19). The Hall–Kier alpha value is -2.43. The van der Waals surface area contributed by atoms with Gasteiger partial charge < -0.3 is 4.74 Å². The first-order valence-electron chi connectivity index (χ1n) is 7.05. The minimum atomic E-state index is -0.266. The van der Waals surface area contributed by atoms with Crippen molar-refractivity contribution in [3.05, 3.63) is 52.9 Å². The Kier molecular flexibility index (Phi) is 3.56. The molecule has 1 aliphatic carbocycles. The molecule has 1 aliphatic rings. The van der Waals surface area contributed by atoms with Gasteiger partial charge in [-0.3, -0.25) is 0 Å². The number of nitrogens with one attached hydrogen (secondary N) is 1. The SMILES string of the molecule is CCOC(=O)C1=C(C)c2n[nH]nc2CC1c1ccccc1. The summed E-state index contributed by atoms with van der Waals surface area (Å²) in [6.07, 6.45) is 0.654. The van der Waals surface area contributed by atoms with Crippen LogP contribution < -0.4 is 0 Å². The molecule has 0 bridgehead atoms. The number of aromatic amines is 1. The molecule has 1 N–H and O–H groups in total. The Morgan fingerprint density at radius 3 is 2.81 bits per heavy atom. The van der Waals surface area contributed by atoms with E-state index in [1.54, 1.807) is 0 Å². The average Bonchev–Trinajstić information content (AvgIpc) is 2.97. The Morgan fingerprint density at radius 1 is 1.33 bits per heavy atom. The first-order chi connectivity index (χ1) is 10.2. The molecule has 108 valence electrons. The molecule has 0 radical (unpaired) electrons. The highest BCUT2D eigenvalue weighted by molar-refractivity contribution is 5.99. The Bertz CT molecular complexity index is 689. The first kappa shape index (κ1) is 13.5. The number of allylic oxidation sites excluding steroid dienone is 1. The summed E-state index contributed by atoms with van der Waals surface area (Å²) in [4.78, 5) is 12.4. The smallest absolute Gasteiger partial charge is 0.334 e. The lowest BCUT2D eigenvalue weighted by molar-refractivity contribution is -0.138. The van der Waals surface area contributed by atoms with Crippen LogP contribution in [0.4, 0.5) is 0 Å². The predicted octanol–water partition coefficient (Wildman–Crippen LogP) is 2.48. The Morgan fingerprint density at radius 2 is 2.10 bits per heavy atom. The number of carbonyl (C=O) groups is 1. The van der Waals surface area contributed by atoms with Crippen LogP contribution in [0.1, 0.15) is 36.7 Å². The van der Waals surface area contributed by atoms with Crippen LogP contribution in [-0.2, 0) is 16.0 Å². The molecule has 0 fully saturated rings. The molecule has 1 heterocycles. The Labute approximate surface area is 123 Å². The second-order valence-corrected chi connectivity index (χ2v) is 5.05. The zero-order valence-corrected chi connectivity index (χ0v) is 12.1. The molecule has 3 rings (SSSR count). The summed E-state index contributed by atoms with van der Waals surface area (Å²) in [5, 5.41) is 11.0. The minimum Gasteiger partial charge on any atom is -0.463 e. The summed E-state index contributed by atoms with van der Waals surface area (Å²) in [5.74, 6) is -0.305. The average molecular weight is 283 g/mol. The number of H-pyrrole nitrogens is 1. The normalized spacial score (nSPS) is 17.5. The zero-order valence-electron chi connectivity index (χ0n) is 12.1. The highest BCUT2D eigenvalue weighted by Gasteiger charge is 2.33. The number of hydrogen-bond donors (Lipinski definition) is 1. The van der Waals surface area contributed by atoms with Crippen molar-refractivity contribution in [1.29, 1.82) is 0 Å². The maximum atomic E-state index is 12.4. The van der Waals surface area contributed by atoms with Crippen LogP contribution >= 0.6 is 0 Å². The van der Waals surface area contributed by atoms with E-state index in [1.165, 1.54) is 0 Å². The van der Waals surface area contributed by atoms with Crippen molar-refractivity contribution in [2.45, 2.75) is 26.2 Å². The van der Waals surface area contributed by atoms with Crippen molar-refractivity contribution in [2.75, 3.05) is 6.61 Å². The quantitative estimate of drug-likeness (QED) is 0.879. The van der Waals surface area contributed by atoms with Crippen LogP contribution in [0.25, 0.3) is 5.57 Å². The Balaban J connectivity index is 2.11. The van der Waals surface area contributed by atoms with E-state index in [4.69, 9.17) is 4.74 Å². The van der Waals surface area contributed by atoms with Gasteiger partial charge in [0.1, 0.15) is 5.69 Å². The van der Waals surface area contributed by atoms with Gasteiger partial charge in [0, 0.05) is 12.3 Å². The third-order valence-electron chi connectivity index (χ3n) is 3.82. The molecule has 1 atom stereocenters. The van der Waals surface area contributed by atoms with Crippen LogP contribution in [0, 0.1) is 0 Å². The van der Waals surface area contributed by atoms with E-state index in [9.17, 15) is 4.79 Å². The highest BCUT2D eigenvalue weighted by Crippen LogP contribution is 2.39. The maximum absolute atomic E-state index is 12.4. The van der Waals surface area contributed by atoms with E-state index in [-0.39, 0.29) is 11.9 Å². The lowest BCUT2D eigenvalue weighted by Crippen LogP contribution is -2.22. The fourth-order valence-corrected chi connectivity index (χ4v) is 2.85. The van der Waals surface area contributed by atoms with Crippen LogP contribution in [0.3, 0.4) is 0 Å². The fraction of sp³-hybridized carbons (Fsp3) is 0.312. The van der Waals surface area contributed by atoms with Gasteiger partial charge in [0.05, 0.1) is 17.9 Å². The van der Waals surface area contributed by atoms with Crippen LogP contribution in [0.5, 0.6) is 0 Å². The second-order valence-electron chi connectivity index (χ2n) is 5.05. The predicted molar refractivity (Wildman–Crippen MR) is 78.5 cm³/mol. The number of fused-ring (bicyclic) bond motifs is 1. The number of aromatic nitrogens is 3. The monoisotopic (exact) mass is 283 g/mol. The van der Waals surface area contributed by atoms with Crippen molar-refractivity contribution in [2.24, 2.45) is 0 Å². The number of carbonyl (C=O) groups excluding carboxylic acids is 1. The third kappa shape index (κ3) is 2.35. The molecule has 5 heteroatoms. The molecule has 5 nitrogen and oxygen atoms in total.